The molecule has 1 atom stereocenters. The number of rotatable bonds is 5. The number of nitrogens with one attached hydrogen (secondary N) is 1. The van der Waals surface area contributed by atoms with Crippen molar-refractivity contribution in [2.75, 3.05) is 6.54 Å². The van der Waals surface area contributed by atoms with Gasteiger partial charge in [0.2, 0.25) is 0 Å². The lowest BCUT2D eigenvalue weighted by atomic mass is 9.89. The molecule has 0 amide bonds. The second kappa shape index (κ2) is 5.65. The Hall–Kier alpha value is -0.870. The van der Waals surface area contributed by atoms with E-state index in [-0.39, 0.29) is 11.5 Å². The van der Waals surface area contributed by atoms with Crippen molar-refractivity contribution in [3.05, 3.63) is 17.5 Å². The highest BCUT2D eigenvalue weighted by molar-refractivity contribution is 5.23. The number of aliphatic hydroxyl groups excluding tert-OH is 1. The van der Waals surface area contributed by atoms with E-state index in [0.29, 0.717) is 6.54 Å². The van der Waals surface area contributed by atoms with E-state index in [4.69, 9.17) is 0 Å². The standard InChI is InChI=1S/C13H25N3O/c1-6-11(17)8-14-7-10-9-16(5)15-12(10)13(2,3)4/h9,11,14,17H,6-8H2,1-5H3. The van der Waals surface area contributed by atoms with E-state index in [1.54, 1.807) is 0 Å². The van der Waals surface area contributed by atoms with Crippen LogP contribution in [0.5, 0.6) is 0 Å². The molecule has 0 radical (unpaired) electrons. The van der Waals surface area contributed by atoms with Gasteiger partial charge in [-0.2, -0.15) is 5.10 Å². The van der Waals surface area contributed by atoms with Crippen molar-refractivity contribution in [2.24, 2.45) is 7.05 Å². The van der Waals surface area contributed by atoms with E-state index < -0.39 is 0 Å². The topological polar surface area (TPSA) is 50.1 Å². The highest BCUT2D eigenvalue weighted by Crippen LogP contribution is 2.23. The Labute approximate surface area is 104 Å². The predicted molar refractivity (Wildman–Crippen MR) is 69.9 cm³/mol. The first-order chi connectivity index (χ1) is 7.84. The highest BCUT2D eigenvalue weighted by Gasteiger charge is 2.21. The molecule has 0 aliphatic heterocycles. The third-order valence-corrected chi connectivity index (χ3v) is 2.78. The Morgan fingerprint density at radius 1 is 1.47 bits per heavy atom. The maximum atomic E-state index is 9.49. The maximum Gasteiger partial charge on any atom is 0.0722 e. The van der Waals surface area contributed by atoms with E-state index in [2.05, 4.69) is 31.2 Å². The summed E-state index contributed by atoms with van der Waals surface area (Å²) in [5.74, 6) is 0. The molecule has 0 aromatic carbocycles. The fourth-order valence-electron chi connectivity index (χ4n) is 1.82. The summed E-state index contributed by atoms with van der Waals surface area (Å²) >= 11 is 0. The van der Waals surface area contributed by atoms with Crippen LogP contribution in [-0.4, -0.2) is 27.5 Å². The summed E-state index contributed by atoms with van der Waals surface area (Å²) in [6.45, 7) is 9.88. The first kappa shape index (κ1) is 14.2. The Bertz CT molecular complexity index is 352. The summed E-state index contributed by atoms with van der Waals surface area (Å²) in [5, 5.41) is 17.3. The SMILES string of the molecule is CCC(O)CNCc1cn(C)nc1C(C)(C)C. The van der Waals surface area contributed by atoms with Crippen LogP contribution in [0.2, 0.25) is 0 Å². The van der Waals surface area contributed by atoms with Crippen molar-refractivity contribution < 1.29 is 5.11 Å². The van der Waals surface area contributed by atoms with Crippen LogP contribution < -0.4 is 5.32 Å². The van der Waals surface area contributed by atoms with Crippen LogP contribution in [0, 0.1) is 0 Å². The van der Waals surface area contributed by atoms with Crippen LogP contribution in [-0.2, 0) is 19.0 Å². The van der Waals surface area contributed by atoms with Gasteiger partial charge in [0, 0.05) is 37.3 Å². The monoisotopic (exact) mass is 239 g/mol. The van der Waals surface area contributed by atoms with Crippen molar-refractivity contribution in [3.8, 4) is 0 Å². The minimum atomic E-state index is -0.259. The molecule has 0 aliphatic carbocycles. The predicted octanol–water partition coefficient (Wildman–Crippen LogP) is 1.58. The van der Waals surface area contributed by atoms with Crippen LogP contribution in [0.4, 0.5) is 0 Å². The van der Waals surface area contributed by atoms with Gasteiger partial charge >= 0.3 is 0 Å². The minimum absolute atomic E-state index is 0.0572. The number of hydrogen-bond donors (Lipinski definition) is 2. The van der Waals surface area contributed by atoms with Crippen molar-refractivity contribution >= 4 is 0 Å². The molecule has 98 valence electrons. The average molecular weight is 239 g/mol. The molecule has 0 bridgehead atoms. The number of aliphatic hydroxyl groups is 1. The van der Waals surface area contributed by atoms with Crippen molar-refractivity contribution in [1.29, 1.82) is 0 Å². The quantitative estimate of drug-likeness (QED) is 0.820. The summed E-state index contributed by atoms with van der Waals surface area (Å²) in [6.07, 6.45) is 2.57. The molecule has 0 saturated heterocycles. The second-order valence-corrected chi connectivity index (χ2v) is 5.62. The van der Waals surface area contributed by atoms with E-state index in [9.17, 15) is 5.11 Å². The Morgan fingerprint density at radius 3 is 2.65 bits per heavy atom. The summed E-state index contributed by atoms with van der Waals surface area (Å²) in [7, 11) is 1.94. The normalized spacial score (nSPS) is 14.0. The lowest BCUT2D eigenvalue weighted by Gasteiger charge is -2.18. The molecule has 0 aliphatic rings. The third kappa shape index (κ3) is 4.13. The molecule has 4 heteroatoms. The summed E-state index contributed by atoms with van der Waals surface area (Å²) in [5.41, 5.74) is 2.39. The molecule has 0 spiro atoms. The van der Waals surface area contributed by atoms with Crippen LogP contribution >= 0.6 is 0 Å². The Kier molecular flexibility index (Phi) is 4.71. The first-order valence-electron chi connectivity index (χ1n) is 6.26. The van der Waals surface area contributed by atoms with Crippen molar-refractivity contribution in [3.63, 3.8) is 0 Å². The van der Waals surface area contributed by atoms with E-state index in [1.165, 1.54) is 5.56 Å². The molecule has 0 fully saturated rings. The van der Waals surface area contributed by atoms with Gasteiger partial charge in [-0.05, 0) is 6.42 Å². The zero-order valence-corrected chi connectivity index (χ0v) is 11.6. The molecular weight excluding hydrogens is 214 g/mol. The maximum absolute atomic E-state index is 9.49. The van der Waals surface area contributed by atoms with Gasteiger partial charge in [0.25, 0.3) is 0 Å². The number of aryl methyl sites for hydroxylation is 1. The molecule has 4 nitrogen and oxygen atoms in total. The Morgan fingerprint density at radius 2 is 2.12 bits per heavy atom. The minimum Gasteiger partial charge on any atom is -0.392 e. The molecule has 1 unspecified atom stereocenters. The van der Waals surface area contributed by atoms with Crippen LogP contribution in [0.3, 0.4) is 0 Å². The number of nitrogens with zero attached hydrogens (tertiary/aromatic N) is 2. The fraction of sp³-hybridized carbons (Fsp3) is 0.769. The molecule has 1 heterocycles. The van der Waals surface area contributed by atoms with Gasteiger partial charge in [-0.15, -0.1) is 0 Å². The molecular formula is C13H25N3O. The van der Waals surface area contributed by atoms with Gasteiger partial charge in [0.1, 0.15) is 0 Å². The molecule has 0 saturated carbocycles. The lowest BCUT2D eigenvalue weighted by Crippen LogP contribution is -2.26. The molecule has 2 N–H and O–H groups in total. The van der Waals surface area contributed by atoms with Gasteiger partial charge in [-0.1, -0.05) is 27.7 Å². The van der Waals surface area contributed by atoms with Crippen LogP contribution in [0.15, 0.2) is 6.20 Å². The lowest BCUT2D eigenvalue weighted by molar-refractivity contribution is 0.167. The highest BCUT2D eigenvalue weighted by atomic mass is 16.3. The third-order valence-electron chi connectivity index (χ3n) is 2.78. The first-order valence-corrected chi connectivity index (χ1v) is 6.26. The van der Waals surface area contributed by atoms with Crippen molar-refractivity contribution in [1.82, 2.24) is 15.1 Å². The molecule has 17 heavy (non-hydrogen) atoms. The second-order valence-electron chi connectivity index (χ2n) is 5.62. The smallest absolute Gasteiger partial charge is 0.0722 e. The molecule has 1 aromatic heterocycles. The number of aromatic nitrogens is 2. The van der Waals surface area contributed by atoms with E-state index in [1.807, 2.05) is 24.9 Å². The zero-order valence-electron chi connectivity index (χ0n) is 11.6. The largest absolute Gasteiger partial charge is 0.392 e. The summed E-state index contributed by atoms with van der Waals surface area (Å²) in [6, 6.07) is 0. The fourth-order valence-corrected chi connectivity index (χ4v) is 1.82. The van der Waals surface area contributed by atoms with Gasteiger partial charge in [-0.25, -0.2) is 0 Å². The molecule has 1 rings (SSSR count). The Balaban J connectivity index is 2.65. The van der Waals surface area contributed by atoms with Gasteiger partial charge < -0.3 is 10.4 Å². The summed E-state index contributed by atoms with van der Waals surface area (Å²) in [4.78, 5) is 0. The zero-order chi connectivity index (χ0) is 13.1. The van der Waals surface area contributed by atoms with E-state index in [0.717, 1.165) is 18.7 Å². The average Bonchev–Trinajstić information content (AvgIpc) is 2.59. The summed E-state index contributed by atoms with van der Waals surface area (Å²) < 4.78 is 1.86. The molecule has 1 aromatic rings. The van der Waals surface area contributed by atoms with Gasteiger partial charge in [0.15, 0.2) is 0 Å². The van der Waals surface area contributed by atoms with Crippen LogP contribution in [0.25, 0.3) is 0 Å². The number of hydrogen-bond acceptors (Lipinski definition) is 3. The van der Waals surface area contributed by atoms with E-state index >= 15 is 0 Å². The van der Waals surface area contributed by atoms with Crippen molar-refractivity contribution in [2.45, 2.75) is 52.2 Å². The van der Waals surface area contributed by atoms with Gasteiger partial charge in [-0.3, -0.25) is 4.68 Å². The van der Waals surface area contributed by atoms with Gasteiger partial charge in [0.05, 0.1) is 11.8 Å². The van der Waals surface area contributed by atoms with Crippen LogP contribution in [0.1, 0.15) is 45.4 Å².